The molecule has 3 aromatic rings. The molecule has 2 amide bonds. The molecule has 0 aromatic heterocycles. The molecule has 7 nitrogen and oxygen atoms in total. The molecule has 7 heteroatoms. The van der Waals surface area contributed by atoms with E-state index in [1.54, 1.807) is 18.2 Å². The molecule has 0 unspecified atom stereocenters. The number of carbonyl (C=O) groups excluding carboxylic acids is 3. The van der Waals surface area contributed by atoms with Crippen LogP contribution in [0.5, 0.6) is 11.5 Å². The molecule has 0 atom stereocenters. The largest absolute Gasteiger partial charge is 0.493 e. The number of nitrogens with one attached hydrogen (secondary N) is 2. The highest BCUT2D eigenvalue weighted by molar-refractivity contribution is 5.94. The van der Waals surface area contributed by atoms with Crippen molar-refractivity contribution in [3.63, 3.8) is 0 Å². The molecule has 0 radical (unpaired) electrons. The van der Waals surface area contributed by atoms with Crippen molar-refractivity contribution in [2.45, 2.75) is 13.3 Å². The molecule has 3 aromatic carbocycles. The van der Waals surface area contributed by atoms with Crippen LogP contribution < -0.4 is 20.3 Å². The Bertz CT molecular complexity index is 1090. The van der Waals surface area contributed by atoms with Crippen molar-refractivity contribution < 1.29 is 23.9 Å². The molecule has 0 saturated heterocycles. The SMILES string of the molecule is COc1cc(C(C)=O)ccc1OCC(=O)NNC(=O)Cc1cccc2ccccc12. The molecular formula is C23H22N2O5. The van der Waals surface area contributed by atoms with E-state index in [1.807, 2.05) is 42.5 Å². The first-order valence-corrected chi connectivity index (χ1v) is 9.34. The van der Waals surface area contributed by atoms with Crippen LogP contribution >= 0.6 is 0 Å². The van der Waals surface area contributed by atoms with Crippen molar-refractivity contribution in [3.05, 3.63) is 71.8 Å². The van der Waals surface area contributed by atoms with Crippen LogP contribution in [0.2, 0.25) is 0 Å². The third kappa shape index (κ3) is 5.14. The van der Waals surface area contributed by atoms with Crippen molar-refractivity contribution in [2.24, 2.45) is 0 Å². The summed E-state index contributed by atoms with van der Waals surface area (Å²) >= 11 is 0. The minimum absolute atomic E-state index is 0.105. The number of benzene rings is 3. The van der Waals surface area contributed by atoms with E-state index in [4.69, 9.17) is 9.47 Å². The summed E-state index contributed by atoms with van der Waals surface area (Å²) < 4.78 is 10.6. The number of methoxy groups -OCH3 is 1. The third-order valence-corrected chi connectivity index (χ3v) is 4.50. The zero-order valence-corrected chi connectivity index (χ0v) is 16.7. The average Bonchev–Trinajstić information content (AvgIpc) is 2.76. The zero-order chi connectivity index (χ0) is 21.5. The fraction of sp³-hybridized carbons (Fsp3) is 0.174. The van der Waals surface area contributed by atoms with E-state index in [9.17, 15) is 14.4 Å². The number of amides is 2. The normalized spacial score (nSPS) is 10.3. The number of fused-ring (bicyclic) bond motifs is 1. The number of ether oxygens (including phenoxy) is 2. The van der Waals surface area contributed by atoms with Crippen LogP contribution in [0.3, 0.4) is 0 Å². The monoisotopic (exact) mass is 406 g/mol. The topological polar surface area (TPSA) is 93.7 Å². The number of ketones is 1. The number of rotatable bonds is 7. The van der Waals surface area contributed by atoms with E-state index in [0.717, 1.165) is 16.3 Å². The molecule has 154 valence electrons. The molecule has 0 spiro atoms. The Morgan fingerprint density at radius 1 is 0.867 bits per heavy atom. The summed E-state index contributed by atoms with van der Waals surface area (Å²) in [7, 11) is 1.44. The molecule has 3 rings (SSSR count). The lowest BCUT2D eigenvalue weighted by Crippen LogP contribution is -2.44. The van der Waals surface area contributed by atoms with Gasteiger partial charge in [-0.2, -0.15) is 0 Å². The van der Waals surface area contributed by atoms with Gasteiger partial charge in [0.15, 0.2) is 23.9 Å². The first-order chi connectivity index (χ1) is 14.5. The first kappa shape index (κ1) is 20.9. The molecule has 0 aliphatic heterocycles. The second kappa shape index (κ2) is 9.56. The summed E-state index contributed by atoms with van der Waals surface area (Å²) in [6.45, 7) is 1.12. The second-order valence-electron chi connectivity index (χ2n) is 6.62. The first-order valence-electron chi connectivity index (χ1n) is 9.34. The van der Waals surface area contributed by atoms with Gasteiger partial charge in [-0.3, -0.25) is 25.2 Å². The van der Waals surface area contributed by atoms with Gasteiger partial charge in [0.05, 0.1) is 13.5 Å². The highest BCUT2D eigenvalue weighted by Gasteiger charge is 2.12. The lowest BCUT2D eigenvalue weighted by molar-refractivity contribution is -0.129. The van der Waals surface area contributed by atoms with E-state index >= 15 is 0 Å². The van der Waals surface area contributed by atoms with Gasteiger partial charge in [0.25, 0.3) is 5.91 Å². The van der Waals surface area contributed by atoms with Crippen LogP contribution in [-0.4, -0.2) is 31.3 Å². The van der Waals surface area contributed by atoms with E-state index in [-0.39, 0.29) is 24.7 Å². The van der Waals surface area contributed by atoms with Gasteiger partial charge in [-0.15, -0.1) is 0 Å². The van der Waals surface area contributed by atoms with Crippen LogP contribution in [0.15, 0.2) is 60.7 Å². The fourth-order valence-electron chi connectivity index (χ4n) is 2.99. The number of hydrogen-bond donors (Lipinski definition) is 2. The van der Waals surface area contributed by atoms with Gasteiger partial charge in [-0.1, -0.05) is 42.5 Å². The molecule has 0 saturated carbocycles. The predicted octanol–water partition coefficient (Wildman–Crippen LogP) is 2.82. The van der Waals surface area contributed by atoms with Crippen molar-refractivity contribution in [3.8, 4) is 11.5 Å². The standard InChI is InChI=1S/C23H22N2O5/c1-15(26)17-10-11-20(21(12-17)29-2)30-14-23(28)25-24-22(27)13-18-8-5-7-16-6-3-4-9-19(16)18/h3-12H,13-14H2,1-2H3,(H,24,27)(H,25,28). The Balaban J connectivity index is 1.52. The van der Waals surface area contributed by atoms with Crippen molar-refractivity contribution in [2.75, 3.05) is 13.7 Å². The lowest BCUT2D eigenvalue weighted by Gasteiger charge is -2.12. The Hall–Kier alpha value is -3.87. The Kier molecular flexibility index (Phi) is 6.64. The Morgan fingerprint density at radius 2 is 1.60 bits per heavy atom. The van der Waals surface area contributed by atoms with E-state index < -0.39 is 5.91 Å². The highest BCUT2D eigenvalue weighted by atomic mass is 16.5. The van der Waals surface area contributed by atoms with Gasteiger partial charge in [-0.05, 0) is 41.5 Å². The van der Waals surface area contributed by atoms with Crippen molar-refractivity contribution in [1.82, 2.24) is 10.9 Å². The van der Waals surface area contributed by atoms with E-state index in [1.165, 1.54) is 14.0 Å². The van der Waals surface area contributed by atoms with E-state index in [2.05, 4.69) is 10.9 Å². The van der Waals surface area contributed by atoms with Gasteiger partial charge >= 0.3 is 0 Å². The van der Waals surface area contributed by atoms with Gasteiger partial charge in [0.2, 0.25) is 5.91 Å². The van der Waals surface area contributed by atoms with Crippen LogP contribution in [0.25, 0.3) is 10.8 Å². The van der Waals surface area contributed by atoms with Crippen LogP contribution in [-0.2, 0) is 16.0 Å². The Labute approximate surface area is 174 Å². The lowest BCUT2D eigenvalue weighted by atomic mass is 10.0. The number of hydrazine groups is 1. The molecule has 0 bridgehead atoms. The smallest absolute Gasteiger partial charge is 0.276 e. The minimum atomic E-state index is -0.529. The summed E-state index contributed by atoms with van der Waals surface area (Å²) in [5.74, 6) is -0.316. The third-order valence-electron chi connectivity index (χ3n) is 4.50. The molecule has 0 fully saturated rings. The second-order valence-corrected chi connectivity index (χ2v) is 6.62. The van der Waals surface area contributed by atoms with Crippen LogP contribution in [0.1, 0.15) is 22.8 Å². The summed E-state index contributed by atoms with van der Waals surface area (Å²) in [6.07, 6.45) is 0.128. The molecular weight excluding hydrogens is 384 g/mol. The molecule has 30 heavy (non-hydrogen) atoms. The van der Waals surface area contributed by atoms with Crippen molar-refractivity contribution >= 4 is 28.4 Å². The number of carbonyl (C=O) groups is 3. The quantitative estimate of drug-likeness (QED) is 0.465. The van der Waals surface area contributed by atoms with E-state index in [0.29, 0.717) is 17.1 Å². The van der Waals surface area contributed by atoms with Crippen LogP contribution in [0, 0.1) is 0 Å². The predicted molar refractivity (Wildman–Crippen MR) is 112 cm³/mol. The summed E-state index contributed by atoms with van der Waals surface area (Å²) in [5.41, 5.74) is 6.06. The van der Waals surface area contributed by atoms with Gasteiger partial charge in [-0.25, -0.2) is 0 Å². The zero-order valence-electron chi connectivity index (χ0n) is 16.7. The Morgan fingerprint density at radius 3 is 2.37 bits per heavy atom. The number of hydrogen-bond acceptors (Lipinski definition) is 5. The minimum Gasteiger partial charge on any atom is -0.493 e. The average molecular weight is 406 g/mol. The summed E-state index contributed by atoms with van der Waals surface area (Å²) in [6, 6.07) is 18.2. The highest BCUT2D eigenvalue weighted by Crippen LogP contribution is 2.28. The summed E-state index contributed by atoms with van der Waals surface area (Å²) in [4.78, 5) is 35.7. The maximum Gasteiger partial charge on any atom is 0.276 e. The maximum absolute atomic E-state index is 12.2. The molecule has 2 N–H and O–H groups in total. The fourth-order valence-corrected chi connectivity index (χ4v) is 2.99. The molecule has 0 aliphatic rings. The molecule has 0 heterocycles. The summed E-state index contributed by atoms with van der Waals surface area (Å²) in [5, 5.41) is 2.04. The van der Waals surface area contributed by atoms with Gasteiger partial charge in [0.1, 0.15) is 0 Å². The molecule has 0 aliphatic carbocycles. The number of Topliss-reactive ketones (excluding diaryl/α,β-unsaturated/α-hetero) is 1. The van der Waals surface area contributed by atoms with Gasteiger partial charge in [0, 0.05) is 5.56 Å². The van der Waals surface area contributed by atoms with Crippen molar-refractivity contribution in [1.29, 1.82) is 0 Å². The van der Waals surface area contributed by atoms with Gasteiger partial charge < -0.3 is 9.47 Å². The maximum atomic E-state index is 12.2. The van der Waals surface area contributed by atoms with Crippen LogP contribution in [0.4, 0.5) is 0 Å².